The van der Waals surface area contributed by atoms with E-state index in [1.807, 2.05) is 32.9 Å². The molecular formula is C11H16N2O. The lowest BCUT2D eigenvalue weighted by molar-refractivity contribution is 0.100. The van der Waals surface area contributed by atoms with E-state index in [0.29, 0.717) is 5.56 Å². The van der Waals surface area contributed by atoms with E-state index < -0.39 is 5.91 Å². The molecule has 0 heterocycles. The molecule has 0 saturated carbocycles. The molecule has 3 N–H and O–H groups in total. The molecule has 1 amide bonds. The van der Waals surface area contributed by atoms with Crippen LogP contribution in [0.25, 0.3) is 0 Å². The second kappa shape index (κ2) is 3.70. The van der Waals surface area contributed by atoms with Crippen molar-refractivity contribution in [3.8, 4) is 0 Å². The predicted octanol–water partition coefficient (Wildman–Crippen LogP) is 2.00. The van der Waals surface area contributed by atoms with Gasteiger partial charge in [0, 0.05) is 11.2 Å². The minimum absolute atomic E-state index is 0.0778. The van der Waals surface area contributed by atoms with Gasteiger partial charge in [-0.15, -0.1) is 0 Å². The van der Waals surface area contributed by atoms with Crippen molar-refractivity contribution in [2.75, 3.05) is 5.32 Å². The van der Waals surface area contributed by atoms with Crippen LogP contribution in [0.15, 0.2) is 24.3 Å². The zero-order chi connectivity index (χ0) is 10.8. The molecule has 14 heavy (non-hydrogen) atoms. The Hall–Kier alpha value is -1.51. The van der Waals surface area contributed by atoms with Crippen LogP contribution < -0.4 is 11.1 Å². The van der Waals surface area contributed by atoms with Crippen LogP contribution in [0, 0.1) is 0 Å². The van der Waals surface area contributed by atoms with Crippen molar-refractivity contribution in [2.45, 2.75) is 26.3 Å². The van der Waals surface area contributed by atoms with Gasteiger partial charge in [-0.05, 0) is 32.9 Å². The van der Waals surface area contributed by atoms with Crippen molar-refractivity contribution >= 4 is 11.6 Å². The van der Waals surface area contributed by atoms with Gasteiger partial charge in [0.1, 0.15) is 0 Å². The Morgan fingerprint density at radius 3 is 2.36 bits per heavy atom. The van der Waals surface area contributed by atoms with Gasteiger partial charge in [-0.25, -0.2) is 0 Å². The van der Waals surface area contributed by atoms with Crippen LogP contribution in [0.2, 0.25) is 0 Å². The van der Waals surface area contributed by atoms with E-state index in [0.717, 1.165) is 5.69 Å². The highest BCUT2D eigenvalue weighted by Crippen LogP contribution is 2.18. The highest BCUT2D eigenvalue weighted by Gasteiger charge is 2.13. The first kappa shape index (κ1) is 10.6. The molecule has 0 aliphatic heterocycles. The molecule has 0 aliphatic rings. The monoisotopic (exact) mass is 192 g/mol. The van der Waals surface area contributed by atoms with Crippen molar-refractivity contribution in [3.05, 3.63) is 29.8 Å². The lowest BCUT2D eigenvalue weighted by atomic mass is 10.1. The van der Waals surface area contributed by atoms with Crippen LogP contribution >= 0.6 is 0 Å². The minimum Gasteiger partial charge on any atom is -0.380 e. The number of carbonyl (C=O) groups excluding carboxylic acids is 1. The fraction of sp³-hybridized carbons (Fsp3) is 0.364. The number of nitrogens with one attached hydrogen (secondary N) is 1. The topological polar surface area (TPSA) is 55.1 Å². The highest BCUT2D eigenvalue weighted by atomic mass is 16.1. The zero-order valence-corrected chi connectivity index (χ0v) is 8.79. The third kappa shape index (κ3) is 2.76. The maximum Gasteiger partial charge on any atom is 0.250 e. The van der Waals surface area contributed by atoms with E-state index in [1.165, 1.54) is 0 Å². The molecule has 0 aromatic heterocycles. The molecule has 0 spiro atoms. The average molecular weight is 192 g/mol. The lowest BCUT2D eigenvalue weighted by Crippen LogP contribution is -2.28. The van der Waals surface area contributed by atoms with Crippen LogP contribution in [0.3, 0.4) is 0 Å². The number of hydrogen-bond donors (Lipinski definition) is 2. The molecule has 1 aromatic carbocycles. The standard InChI is InChI=1S/C11H16N2O/c1-11(2,3)13-9-7-5-4-6-8(9)10(12)14/h4-7,13H,1-3H3,(H2,12,14). The molecule has 0 radical (unpaired) electrons. The van der Waals surface area contributed by atoms with Gasteiger partial charge in [-0.2, -0.15) is 0 Å². The summed E-state index contributed by atoms with van der Waals surface area (Å²) in [4.78, 5) is 11.1. The van der Waals surface area contributed by atoms with Gasteiger partial charge in [-0.3, -0.25) is 4.79 Å². The Kier molecular flexibility index (Phi) is 2.79. The Balaban J connectivity index is 3.02. The van der Waals surface area contributed by atoms with E-state index in [2.05, 4.69) is 5.32 Å². The fourth-order valence-electron chi connectivity index (χ4n) is 1.21. The first-order valence-electron chi connectivity index (χ1n) is 4.57. The summed E-state index contributed by atoms with van der Waals surface area (Å²) >= 11 is 0. The van der Waals surface area contributed by atoms with Crippen molar-refractivity contribution < 1.29 is 4.79 Å². The number of para-hydroxylation sites is 1. The van der Waals surface area contributed by atoms with Crippen molar-refractivity contribution in [1.82, 2.24) is 0 Å². The Labute approximate surface area is 84.3 Å². The Bertz CT molecular complexity index is 339. The van der Waals surface area contributed by atoms with Crippen molar-refractivity contribution in [2.24, 2.45) is 5.73 Å². The molecular weight excluding hydrogens is 176 g/mol. The molecule has 1 rings (SSSR count). The first-order chi connectivity index (χ1) is 6.40. The second-order valence-electron chi connectivity index (χ2n) is 4.28. The number of carbonyl (C=O) groups is 1. The molecule has 3 heteroatoms. The van der Waals surface area contributed by atoms with Crippen LogP contribution in [0.4, 0.5) is 5.69 Å². The SMILES string of the molecule is CC(C)(C)Nc1ccccc1C(N)=O. The summed E-state index contributed by atoms with van der Waals surface area (Å²) in [5, 5.41) is 3.23. The zero-order valence-electron chi connectivity index (χ0n) is 8.79. The molecule has 0 bridgehead atoms. The van der Waals surface area contributed by atoms with E-state index in [4.69, 9.17) is 5.73 Å². The smallest absolute Gasteiger partial charge is 0.250 e. The minimum atomic E-state index is -0.405. The fourth-order valence-corrected chi connectivity index (χ4v) is 1.21. The summed E-state index contributed by atoms with van der Waals surface area (Å²) in [6.07, 6.45) is 0. The van der Waals surface area contributed by atoms with Crippen LogP contribution in [-0.2, 0) is 0 Å². The van der Waals surface area contributed by atoms with Gasteiger partial charge in [0.25, 0.3) is 5.91 Å². The summed E-state index contributed by atoms with van der Waals surface area (Å²) in [5.41, 5.74) is 6.49. The number of amides is 1. The average Bonchev–Trinajstić information content (AvgIpc) is 2.01. The van der Waals surface area contributed by atoms with Gasteiger partial charge in [0.15, 0.2) is 0 Å². The Morgan fingerprint density at radius 2 is 1.86 bits per heavy atom. The second-order valence-corrected chi connectivity index (χ2v) is 4.28. The van der Waals surface area contributed by atoms with Crippen LogP contribution in [0.1, 0.15) is 31.1 Å². The van der Waals surface area contributed by atoms with Crippen molar-refractivity contribution in [1.29, 1.82) is 0 Å². The van der Waals surface area contributed by atoms with Gasteiger partial charge >= 0.3 is 0 Å². The first-order valence-corrected chi connectivity index (χ1v) is 4.57. The Morgan fingerprint density at radius 1 is 1.29 bits per heavy atom. The maximum absolute atomic E-state index is 11.1. The quantitative estimate of drug-likeness (QED) is 0.753. The maximum atomic E-state index is 11.1. The summed E-state index contributed by atoms with van der Waals surface area (Å²) in [6.45, 7) is 6.10. The number of nitrogens with two attached hydrogens (primary N) is 1. The van der Waals surface area contributed by atoms with Gasteiger partial charge in [0.05, 0.1) is 5.56 Å². The summed E-state index contributed by atoms with van der Waals surface area (Å²) in [6, 6.07) is 7.25. The predicted molar refractivity (Wildman–Crippen MR) is 58.3 cm³/mol. The number of anilines is 1. The van der Waals surface area contributed by atoms with Gasteiger partial charge in [0.2, 0.25) is 0 Å². The number of hydrogen-bond acceptors (Lipinski definition) is 2. The molecule has 0 fully saturated rings. The number of rotatable bonds is 2. The molecule has 1 aromatic rings. The summed E-state index contributed by atoms with van der Waals surface area (Å²) in [5.74, 6) is -0.405. The summed E-state index contributed by atoms with van der Waals surface area (Å²) < 4.78 is 0. The lowest BCUT2D eigenvalue weighted by Gasteiger charge is -2.23. The summed E-state index contributed by atoms with van der Waals surface area (Å²) in [7, 11) is 0. The largest absolute Gasteiger partial charge is 0.380 e. The van der Waals surface area contributed by atoms with Crippen LogP contribution in [-0.4, -0.2) is 11.4 Å². The molecule has 76 valence electrons. The molecule has 0 atom stereocenters. The molecule has 0 aliphatic carbocycles. The van der Waals surface area contributed by atoms with Gasteiger partial charge in [-0.1, -0.05) is 12.1 Å². The number of primary amides is 1. The van der Waals surface area contributed by atoms with E-state index in [1.54, 1.807) is 12.1 Å². The van der Waals surface area contributed by atoms with Crippen LogP contribution in [0.5, 0.6) is 0 Å². The van der Waals surface area contributed by atoms with E-state index in [9.17, 15) is 4.79 Å². The normalized spacial score (nSPS) is 11.1. The third-order valence-corrected chi connectivity index (χ3v) is 1.70. The molecule has 0 unspecified atom stereocenters. The highest BCUT2D eigenvalue weighted by molar-refractivity contribution is 5.98. The molecule has 3 nitrogen and oxygen atoms in total. The number of benzene rings is 1. The van der Waals surface area contributed by atoms with Gasteiger partial charge < -0.3 is 11.1 Å². The van der Waals surface area contributed by atoms with E-state index >= 15 is 0 Å². The van der Waals surface area contributed by atoms with E-state index in [-0.39, 0.29) is 5.54 Å². The third-order valence-electron chi connectivity index (χ3n) is 1.70. The van der Waals surface area contributed by atoms with Crippen molar-refractivity contribution in [3.63, 3.8) is 0 Å². The molecule has 0 saturated heterocycles.